The Morgan fingerprint density at radius 1 is 1.28 bits per heavy atom. The molecule has 1 aromatic rings. The number of rotatable bonds is 7. The van der Waals surface area contributed by atoms with Gasteiger partial charge in [-0.25, -0.2) is 5.84 Å². The zero-order valence-electron chi connectivity index (χ0n) is 10.4. The predicted molar refractivity (Wildman–Crippen MR) is 73.5 cm³/mol. The first-order valence-electron chi connectivity index (χ1n) is 5.75. The van der Waals surface area contributed by atoms with E-state index >= 15 is 0 Å². The largest absolute Gasteiger partial charge is 0.293 e. The van der Waals surface area contributed by atoms with Crippen LogP contribution in [0.4, 0.5) is 0 Å². The Kier molecular flexibility index (Phi) is 5.84. The van der Waals surface area contributed by atoms with Gasteiger partial charge in [-0.3, -0.25) is 15.1 Å². The Bertz CT molecular complexity index is 393. The van der Waals surface area contributed by atoms with Crippen LogP contribution in [-0.4, -0.2) is 23.9 Å². The van der Waals surface area contributed by atoms with Crippen molar-refractivity contribution in [2.45, 2.75) is 6.04 Å². The third-order valence-corrected chi connectivity index (χ3v) is 2.60. The number of hydrazine groups is 1. The highest BCUT2D eigenvalue weighted by Crippen LogP contribution is 2.20. The van der Waals surface area contributed by atoms with Crippen molar-refractivity contribution < 1.29 is 4.79 Å². The van der Waals surface area contributed by atoms with Crippen molar-refractivity contribution >= 4 is 5.91 Å². The highest BCUT2D eigenvalue weighted by Gasteiger charge is 2.25. The third-order valence-electron chi connectivity index (χ3n) is 2.60. The normalized spacial score (nSPS) is 11.9. The van der Waals surface area contributed by atoms with Crippen molar-refractivity contribution in [1.82, 2.24) is 10.3 Å². The van der Waals surface area contributed by atoms with Gasteiger partial charge in [0, 0.05) is 13.1 Å². The molecule has 18 heavy (non-hydrogen) atoms. The van der Waals surface area contributed by atoms with Crippen LogP contribution < -0.4 is 11.3 Å². The molecule has 0 aliphatic carbocycles. The van der Waals surface area contributed by atoms with Crippen molar-refractivity contribution in [3.05, 3.63) is 61.2 Å². The molecule has 0 bridgehead atoms. The van der Waals surface area contributed by atoms with Gasteiger partial charge < -0.3 is 0 Å². The number of nitrogens with zero attached hydrogens (tertiary/aromatic N) is 1. The minimum absolute atomic E-state index is 0.245. The highest BCUT2D eigenvalue weighted by molar-refractivity contribution is 5.82. The first kappa shape index (κ1) is 14.2. The van der Waals surface area contributed by atoms with Crippen LogP contribution in [0.5, 0.6) is 0 Å². The molecule has 4 heteroatoms. The fourth-order valence-corrected chi connectivity index (χ4v) is 1.86. The number of nitrogens with two attached hydrogens (primary N) is 1. The van der Waals surface area contributed by atoms with Crippen LogP contribution >= 0.6 is 0 Å². The minimum Gasteiger partial charge on any atom is -0.293 e. The maximum absolute atomic E-state index is 12.0. The number of hydrogen-bond acceptors (Lipinski definition) is 3. The second-order valence-corrected chi connectivity index (χ2v) is 3.85. The molecule has 0 aliphatic rings. The summed E-state index contributed by atoms with van der Waals surface area (Å²) in [4.78, 5) is 13.9. The standard InChI is InChI=1S/C14H19N3O/c1-3-10-17(11-4-2)13(14(18)16-15)12-8-6-5-7-9-12/h3-9,13H,1-2,10-11,15H2,(H,16,18). The molecule has 1 atom stereocenters. The van der Waals surface area contributed by atoms with Crippen LogP contribution in [0.15, 0.2) is 55.6 Å². The lowest BCUT2D eigenvalue weighted by atomic mass is 10.0. The van der Waals surface area contributed by atoms with E-state index in [2.05, 4.69) is 18.6 Å². The molecule has 0 aliphatic heterocycles. The van der Waals surface area contributed by atoms with Gasteiger partial charge in [0.2, 0.25) is 0 Å². The molecule has 0 spiro atoms. The van der Waals surface area contributed by atoms with E-state index in [0.29, 0.717) is 13.1 Å². The summed E-state index contributed by atoms with van der Waals surface area (Å²) in [5, 5.41) is 0. The van der Waals surface area contributed by atoms with Gasteiger partial charge in [-0.1, -0.05) is 42.5 Å². The molecular weight excluding hydrogens is 226 g/mol. The fourth-order valence-electron chi connectivity index (χ4n) is 1.86. The van der Waals surface area contributed by atoms with Gasteiger partial charge in [-0.15, -0.1) is 13.2 Å². The average Bonchev–Trinajstić information content (AvgIpc) is 2.40. The summed E-state index contributed by atoms with van der Waals surface area (Å²) >= 11 is 0. The van der Waals surface area contributed by atoms with Crippen LogP contribution in [0.1, 0.15) is 11.6 Å². The molecule has 0 radical (unpaired) electrons. The van der Waals surface area contributed by atoms with E-state index in [1.165, 1.54) is 0 Å². The number of benzene rings is 1. The second kappa shape index (κ2) is 7.42. The van der Waals surface area contributed by atoms with Crippen LogP contribution in [-0.2, 0) is 4.79 Å². The summed E-state index contributed by atoms with van der Waals surface area (Å²) in [5.74, 6) is 5.02. The SMILES string of the molecule is C=CCN(CC=C)C(C(=O)NN)c1ccccc1. The van der Waals surface area contributed by atoms with Crippen LogP contribution in [0.3, 0.4) is 0 Å². The number of carbonyl (C=O) groups excluding carboxylic acids is 1. The Morgan fingerprint density at radius 2 is 1.83 bits per heavy atom. The van der Waals surface area contributed by atoms with Crippen molar-refractivity contribution in [2.24, 2.45) is 5.84 Å². The zero-order valence-corrected chi connectivity index (χ0v) is 10.4. The Hall–Kier alpha value is -1.91. The summed E-state index contributed by atoms with van der Waals surface area (Å²) in [6, 6.07) is 9.06. The number of hydrogen-bond donors (Lipinski definition) is 2. The van der Waals surface area contributed by atoms with E-state index in [-0.39, 0.29) is 5.91 Å². The summed E-state index contributed by atoms with van der Waals surface area (Å²) < 4.78 is 0. The molecule has 0 saturated carbocycles. The van der Waals surface area contributed by atoms with Gasteiger partial charge in [0.25, 0.3) is 5.91 Å². The van der Waals surface area contributed by atoms with Crippen molar-refractivity contribution in [2.75, 3.05) is 13.1 Å². The molecule has 96 valence electrons. The summed E-state index contributed by atoms with van der Waals surface area (Å²) in [5.41, 5.74) is 3.10. The lowest BCUT2D eigenvalue weighted by Crippen LogP contribution is -2.43. The Labute approximate surface area is 108 Å². The van der Waals surface area contributed by atoms with E-state index in [4.69, 9.17) is 5.84 Å². The van der Waals surface area contributed by atoms with E-state index in [1.54, 1.807) is 12.2 Å². The maximum atomic E-state index is 12.0. The molecule has 3 N–H and O–H groups in total. The van der Waals surface area contributed by atoms with Gasteiger partial charge in [0.05, 0.1) is 0 Å². The molecule has 4 nitrogen and oxygen atoms in total. The molecule has 1 aromatic carbocycles. The van der Waals surface area contributed by atoms with E-state index in [0.717, 1.165) is 5.56 Å². The molecule has 0 heterocycles. The van der Waals surface area contributed by atoms with Crippen molar-refractivity contribution in [1.29, 1.82) is 0 Å². The maximum Gasteiger partial charge on any atom is 0.255 e. The fraction of sp³-hybridized carbons (Fsp3) is 0.214. The summed E-state index contributed by atoms with van der Waals surface area (Å²) in [6.45, 7) is 8.57. The van der Waals surface area contributed by atoms with Gasteiger partial charge in [-0.05, 0) is 5.56 Å². The highest BCUT2D eigenvalue weighted by atomic mass is 16.2. The predicted octanol–water partition coefficient (Wildman–Crippen LogP) is 1.39. The minimum atomic E-state index is -0.438. The van der Waals surface area contributed by atoms with Crippen molar-refractivity contribution in [3.63, 3.8) is 0 Å². The lowest BCUT2D eigenvalue weighted by molar-refractivity contribution is -0.126. The Morgan fingerprint density at radius 3 is 2.28 bits per heavy atom. The van der Waals surface area contributed by atoms with E-state index in [9.17, 15) is 4.79 Å². The van der Waals surface area contributed by atoms with Gasteiger partial charge in [-0.2, -0.15) is 0 Å². The van der Waals surface area contributed by atoms with Gasteiger partial charge in [0.15, 0.2) is 0 Å². The monoisotopic (exact) mass is 245 g/mol. The smallest absolute Gasteiger partial charge is 0.255 e. The topological polar surface area (TPSA) is 58.4 Å². The average molecular weight is 245 g/mol. The van der Waals surface area contributed by atoms with Gasteiger partial charge >= 0.3 is 0 Å². The molecular formula is C14H19N3O. The van der Waals surface area contributed by atoms with Crippen LogP contribution in [0.25, 0.3) is 0 Å². The number of nitrogens with one attached hydrogen (secondary N) is 1. The molecule has 0 aromatic heterocycles. The lowest BCUT2D eigenvalue weighted by Gasteiger charge is -2.28. The Balaban J connectivity index is 3.06. The molecule has 1 rings (SSSR count). The van der Waals surface area contributed by atoms with Crippen LogP contribution in [0, 0.1) is 0 Å². The summed E-state index contributed by atoms with van der Waals surface area (Å²) in [6.07, 6.45) is 3.51. The molecule has 1 unspecified atom stereocenters. The molecule has 1 amide bonds. The summed E-state index contributed by atoms with van der Waals surface area (Å²) in [7, 11) is 0. The van der Waals surface area contributed by atoms with Crippen LogP contribution in [0.2, 0.25) is 0 Å². The van der Waals surface area contributed by atoms with Gasteiger partial charge in [0.1, 0.15) is 6.04 Å². The van der Waals surface area contributed by atoms with E-state index in [1.807, 2.05) is 35.2 Å². The number of amides is 1. The first-order chi connectivity index (χ1) is 8.74. The molecule has 0 fully saturated rings. The first-order valence-corrected chi connectivity index (χ1v) is 5.75. The zero-order chi connectivity index (χ0) is 13.4. The quantitative estimate of drug-likeness (QED) is 0.330. The molecule has 0 saturated heterocycles. The second-order valence-electron chi connectivity index (χ2n) is 3.85. The van der Waals surface area contributed by atoms with Crippen molar-refractivity contribution in [3.8, 4) is 0 Å². The van der Waals surface area contributed by atoms with E-state index < -0.39 is 6.04 Å². The number of carbonyl (C=O) groups is 1. The third kappa shape index (κ3) is 3.55.